The van der Waals surface area contributed by atoms with Crippen molar-refractivity contribution < 1.29 is 19.4 Å². The van der Waals surface area contributed by atoms with Crippen molar-refractivity contribution in [1.82, 2.24) is 4.90 Å². The van der Waals surface area contributed by atoms with Crippen LogP contribution in [0.4, 0.5) is 0 Å². The molecule has 1 heterocycles. The van der Waals surface area contributed by atoms with Gasteiger partial charge in [-0.15, -0.1) is 0 Å². The summed E-state index contributed by atoms with van der Waals surface area (Å²) in [5.74, 6) is -1.54. The lowest BCUT2D eigenvalue weighted by molar-refractivity contribution is -0.162. The maximum Gasteiger partial charge on any atom is 0.317 e. The highest BCUT2D eigenvalue weighted by molar-refractivity contribution is 6.01. The number of carboxylic acids is 1. The monoisotopic (exact) mass is 235 g/mol. The summed E-state index contributed by atoms with van der Waals surface area (Å²) in [5, 5.41) is 8.72. The Labute approximate surface area is 98.6 Å². The molecule has 1 aromatic carbocycles. The number of carboxylic acid groups (broad SMARTS) is 1. The molecular formula is C12H13NO4. The van der Waals surface area contributed by atoms with Gasteiger partial charge in [0.15, 0.2) is 5.92 Å². The van der Waals surface area contributed by atoms with E-state index in [9.17, 15) is 9.59 Å². The van der Waals surface area contributed by atoms with Crippen LogP contribution in [-0.2, 0) is 16.1 Å². The van der Waals surface area contributed by atoms with Gasteiger partial charge in [0.1, 0.15) is 5.75 Å². The van der Waals surface area contributed by atoms with Gasteiger partial charge in [-0.2, -0.15) is 0 Å². The van der Waals surface area contributed by atoms with Crippen LogP contribution in [-0.4, -0.2) is 35.5 Å². The molecule has 0 bridgehead atoms. The molecule has 0 aliphatic carbocycles. The first kappa shape index (κ1) is 11.4. The predicted molar refractivity (Wildman–Crippen MR) is 59.5 cm³/mol. The summed E-state index contributed by atoms with van der Waals surface area (Å²) in [5.41, 5.74) is 0.882. The van der Waals surface area contributed by atoms with Crippen molar-refractivity contribution in [2.24, 2.45) is 5.92 Å². The quantitative estimate of drug-likeness (QED) is 0.617. The largest absolute Gasteiger partial charge is 0.496 e. The predicted octanol–water partition coefficient (Wildman–Crippen LogP) is 0.738. The molecule has 5 nitrogen and oxygen atoms in total. The van der Waals surface area contributed by atoms with Gasteiger partial charge < -0.3 is 14.7 Å². The number of hydrogen-bond donors (Lipinski definition) is 1. The van der Waals surface area contributed by atoms with E-state index in [1.807, 2.05) is 24.3 Å². The number of nitrogens with zero attached hydrogens (tertiary/aromatic N) is 1. The zero-order valence-corrected chi connectivity index (χ0v) is 9.42. The number of aliphatic carboxylic acids is 1. The summed E-state index contributed by atoms with van der Waals surface area (Å²) in [4.78, 5) is 23.7. The molecule has 0 radical (unpaired) electrons. The standard InChI is InChI=1S/C12H13NO4/c1-17-10-5-3-2-4-8(10)6-13-7-9(11(13)14)12(15)16/h2-5,9H,6-7H2,1H3,(H,15,16). The minimum Gasteiger partial charge on any atom is -0.496 e. The van der Waals surface area contributed by atoms with Crippen LogP contribution in [0, 0.1) is 5.92 Å². The molecule has 1 N–H and O–H groups in total. The van der Waals surface area contributed by atoms with Gasteiger partial charge in [-0.1, -0.05) is 18.2 Å². The third-order valence-corrected chi connectivity index (χ3v) is 2.86. The summed E-state index contributed by atoms with van der Waals surface area (Å²) in [6, 6.07) is 7.38. The second-order valence-corrected chi connectivity index (χ2v) is 3.92. The van der Waals surface area contributed by atoms with Crippen molar-refractivity contribution in [3.63, 3.8) is 0 Å². The molecule has 1 unspecified atom stereocenters. The normalized spacial score (nSPS) is 18.8. The number of ether oxygens (including phenoxy) is 1. The Hall–Kier alpha value is -2.04. The number of benzene rings is 1. The molecule has 0 aromatic heterocycles. The van der Waals surface area contributed by atoms with Crippen molar-refractivity contribution in [2.45, 2.75) is 6.54 Å². The molecule has 1 aliphatic rings. The van der Waals surface area contributed by atoms with Crippen LogP contribution in [0.1, 0.15) is 5.56 Å². The maximum absolute atomic E-state index is 11.5. The molecule has 0 spiro atoms. The number of carbonyl (C=O) groups excluding carboxylic acids is 1. The van der Waals surface area contributed by atoms with Gasteiger partial charge in [0, 0.05) is 18.7 Å². The average Bonchev–Trinajstić information content (AvgIpc) is 2.33. The van der Waals surface area contributed by atoms with Crippen molar-refractivity contribution in [3.05, 3.63) is 29.8 Å². The average molecular weight is 235 g/mol. The van der Waals surface area contributed by atoms with Crippen molar-refractivity contribution in [2.75, 3.05) is 13.7 Å². The fraction of sp³-hybridized carbons (Fsp3) is 0.333. The number of amides is 1. The van der Waals surface area contributed by atoms with E-state index in [1.165, 1.54) is 4.90 Å². The Balaban J connectivity index is 2.04. The molecule has 1 saturated heterocycles. The maximum atomic E-state index is 11.5. The first-order valence-corrected chi connectivity index (χ1v) is 5.27. The van der Waals surface area contributed by atoms with Crippen LogP contribution in [0.25, 0.3) is 0 Å². The third-order valence-electron chi connectivity index (χ3n) is 2.86. The van der Waals surface area contributed by atoms with Crippen LogP contribution >= 0.6 is 0 Å². The van der Waals surface area contributed by atoms with Crippen LogP contribution in [0.15, 0.2) is 24.3 Å². The Morgan fingerprint density at radius 1 is 1.53 bits per heavy atom. The van der Waals surface area contributed by atoms with Gasteiger partial charge in [0.2, 0.25) is 5.91 Å². The van der Waals surface area contributed by atoms with E-state index < -0.39 is 11.9 Å². The van der Waals surface area contributed by atoms with E-state index in [1.54, 1.807) is 7.11 Å². The second kappa shape index (κ2) is 4.45. The summed E-state index contributed by atoms with van der Waals surface area (Å²) in [6.07, 6.45) is 0. The third kappa shape index (κ3) is 2.08. The topological polar surface area (TPSA) is 66.8 Å². The van der Waals surface area contributed by atoms with Gasteiger partial charge in [0.25, 0.3) is 0 Å². The van der Waals surface area contributed by atoms with Gasteiger partial charge in [0.05, 0.1) is 7.11 Å². The highest BCUT2D eigenvalue weighted by atomic mass is 16.5. The summed E-state index contributed by atoms with van der Waals surface area (Å²) in [7, 11) is 1.57. The number of para-hydroxylation sites is 1. The molecule has 2 rings (SSSR count). The highest BCUT2D eigenvalue weighted by Crippen LogP contribution is 2.25. The molecule has 5 heteroatoms. The first-order valence-electron chi connectivity index (χ1n) is 5.27. The van der Waals surface area contributed by atoms with Crippen LogP contribution in [0.3, 0.4) is 0 Å². The number of β-lactam (4-membered cyclic amide) rings is 1. The van der Waals surface area contributed by atoms with E-state index in [4.69, 9.17) is 9.84 Å². The molecular weight excluding hydrogens is 222 g/mol. The fourth-order valence-corrected chi connectivity index (χ4v) is 1.86. The Bertz CT molecular complexity index is 458. The minimum absolute atomic E-state index is 0.270. The summed E-state index contributed by atoms with van der Waals surface area (Å²) >= 11 is 0. The lowest BCUT2D eigenvalue weighted by atomic mass is 9.98. The van der Waals surface area contributed by atoms with Crippen LogP contribution < -0.4 is 4.74 Å². The van der Waals surface area contributed by atoms with Crippen LogP contribution in [0.2, 0.25) is 0 Å². The van der Waals surface area contributed by atoms with Crippen molar-refractivity contribution in [3.8, 4) is 5.75 Å². The highest BCUT2D eigenvalue weighted by Gasteiger charge is 2.41. The van der Waals surface area contributed by atoms with Gasteiger partial charge in [-0.05, 0) is 6.07 Å². The second-order valence-electron chi connectivity index (χ2n) is 3.92. The lowest BCUT2D eigenvalue weighted by Gasteiger charge is -2.36. The molecule has 1 amide bonds. The molecule has 1 aromatic rings. The van der Waals surface area contributed by atoms with E-state index in [0.29, 0.717) is 12.3 Å². The van der Waals surface area contributed by atoms with E-state index in [0.717, 1.165) is 5.56 Å². The van der Waals surface area contributed by atoms with Gasteiger partial charge in [-0.25, -0.2) is 0 Å². The molecule has 1 atom stereocenters. The fourth-order valence-electron chi connectivity index (χ4n) is 1.86. The van der Waals surface area contributed by atoms with E-state index in [-0.39, 0.29) is 12.5 Å². The Morgan fingerprint density at radius 3 is 2.82 bits per heavy atom. The zero-order chi connectivity index (χ0) is 12.4. The number of hydrogen-bond acceptors (Lipinski definition) is 3. The molecule has 1 fully saturated rings. The van der Waals surface area contributed by atoms with Crippen molar-refractivity contribution in [1.29, 1.82) is 0 Å². The number of rotatable bonds is 4. The van der Waals surface area contributed by atoms with Crippen LogP contribution in [0.5, 0.6) is 5.75 Å². The summed E-state index contributed by atoms with van der Waals surface area (Å²) in [6.45, 7) is 0.666. The van der Waals surface area contributed by atoms with Gasteiger partial charge >= 0.3 is 5.97 Å². The summed E-state index contributed by atoms with van der Waals surface area (Å²) < 4.78 is 5.17. The first-order chi connectivity index (χ1) is 8.13. The van der Waals surface area contributed by atoms with Gasteiger partial charge in [-0.3, -0.25) is 9.59 Å². The number of methoxy groups -OCH3 is 1. The zero-order valence-electron chi connectivity index (χ0n) is 9.42. The van der Waals surface area contributed by atoms with E-state index in [2.05, 4.69) is 0 Å². The molecule has 17 heavy (non-hydrogen) atoms. The minimum atomic E-state index is -1.05. The molecule has 90 valence electrons. The number of likely N-dealkylation sites (tertiary alicyclic amines) is 1. The molecule has 0 saturated carbocycles. The lowest BCUT2D eigenvalue weighted by Crippen LogP contribution is -2.55. The molecule has 1 aliphatic heterocycles. The Kier molecular flexibility index (Phi) is 2.99. The van der Waals surface area contributed by atoms with E-state index >= 15 is 0 Å². The van der Waals surface area contributed by atoms with Crippen molar-refractivity contribution >= 4 is 11.9 Å². The number of carbonyl (C=O) groups is 2. The smallest absolute Gasteiger partial charge is 0.317 e. The SMILES string of the molecule is COc1ccccc1CN1CC(C(=O)O)C1=O. The Morgan fingerprint density at radius 2 is 2.24 bits per heavy atom.